The van der Waals surface area contributed by atoms with Crippen LogP contribution in [-0.2, 0) is 4.79 Å². The topological polar surface area (TPSA) is 59.3 Å². The van der Waals surface area contributed by atoms with E-state index in [4.69, 9.17) is 26.1 Å². The van der Waals surface area contributed by atoms with Crippen molar-refractivity contribution in [3.05, 3.63) is 41.7 Å². The summed E-state index contributed by atoms with van der Waals surface area (Å²) >= 11 is 6.34. The van der Waals surface area contributed by atoms with Gasteiger partial charge in [0.05, 0.1) is 24.9 Å². The molecule has 0 spiro atoms. The molecule has 3 aromatic rings. The van der Waals surface area contributed by atoms with Crippen LogP contribution < -0.4 is 14.4 Å². The van der Waals surface area contributed by atoms with Crippen molar-refractivity contribution in [1.82, 2.24) is 14.3 Å². The van der Waals surface area contributed by atoms with Crippen molar-refractivity contribution in [3.63, 3.8) is 0 Å². The molecule has 1 aliphatic heterocycles. The number of carbonyl (C=O) groups is 1. The molecule has 8 heteroatoms. The summed E-state index contributed by atoms with van der Waals surface area (Å²) in [6.07, 6.45) is 6.09. The van der Waals surface area contributed by atoms with Gasteiger partial charge >= 0.3 is 0 Å². The summed E-state index contributed by atoms with van der Waals surface area (Å²) in [5.41, 5.74) is 3.55. The molecule has 2 aromatic heterocycles. The second kappa shape index (κ2) is 7.96. The molecule has 5 rings (SSSR count). The summed E-state index contributed by atoms with van der Waals surface area (Å²) in [7, 11) is 3.20. The maximum Gasteiger partial charge on any atom is 0.225 e. The number of benzene rings is 1. The standard InChI is InChI=1S/C23H25ClN4O3/c1-30-20-13-21(31-2)18(24)12-17(20)19-14-28-6-5-16(11-22(28)25-19)26-7-9-27(10-8-26)23(29)15-3-4-15/h5-6,11-15H,3-4,7-10H2,1-2H3. The zero-order valence-corrected chi connectivity index (χ0v) is 18.4. The lowest BCUT2D eigenvalue weighted by Crippen LogP contribution is -2.49. The number of nitrogens with zero attached hydrogens (tertiary/aromatic N) is 4. The van der Waals surface area contributed by atoms with E-state index in [0.29, 0.717) is 22.4 Å². The van der Waals surface area contributed by atoms with Gasteiger partial charge in [-0.25, -0.2) is 4.98 Å². The number of rotatable bonds is 5. The number of ether oxygens (including phenoxy) is 2. The van der Waals surface area contributed by atoms with Crippen LogP contribution in [0.1, 0.15) is 12.8 Å². The predicted octanol–water partition coefficient (Wildman–Crippen LogP) is 3.73. The first-order valence-electron chi connectivity index (χ1n) is 10.5. The second-order valence-electron chi connectivity index (χ2n) is 8.05. The molecule has 1 amide bonds. The maximum absolute atomic E-state index is 12.3. The van der Waals surface area contributed by atoms with E-state index in [9.17, 15) is 4.79 Å². The number of amides is 1. The van der Waals surface area contributed by atoms with Gasteiger partial charge in [-0.2, -0.15) is 0 Å². The number of hydrogen-bond acceptors (Lipinski definition) is 5. The van der Waals surface area contributed by atoms with E-state index in [0.717, 1.165) is 61.6 Å². The summed E-state index contributed by atoms with van der Waals surface area (Å²) in [5, 5.41) is 0.509. The van der Waals surface area contributed by atoms with Crippen molar-refractivity contribution in [2.45, 2.75) is 12.8 Å². The minimum atomic E-state index is 0.287. The van der Waals surface area contributed by atoms with Crippen molar-refractivity contribution in [1.29, 1.82) is 0 Å². The molecular formula is C23H25ClN4O3. The number of piperazine rings is 1. The molecule has 2 aliphatic rings. The Labute approximate surface area is 186 Å². The van der Waals surface area contributed by atoms with Crippen LogP contribution in [0.25, 0.3) is 16.9 Å². The first kappa shape index (κ1) is 20.0. The van der Waals surface area contributed by atoms with Crippen molar-refractivity contribution < 1.29 is 14.3 Å². The number of halogens is 1. The quantitative estimate of drug-likeness (QED) is 0.605. The largest absolute Gasteiger partial charge is 0.496 e. The lowest BCUT2D eigenvalue weighted by atomic mass is 10.1. The van der Waals surface area contributed by atoms with Gasteiger partial charge in [-0.3, -0.25) is 4.79 Å². The monoisotopic (exact) mass is 440 g/mol. The Morgan fingerprint density at radius 2 is 1.81 bits per heavy atom. The van der Waals surface area contributed by atoms with E-state index in [1.165, 1.54) is 0 Å². The van der Waals surface area contributed by atoms with Crippen LogP contribution in [-0.4, -0.2) is 60.6 Å². The predicted molar refractivity (Wildman–Crippen MR) is 120 cm³/mol. The van der Waals surface area contributed by atoms with E-state index in [-0.39, 0.29) is 5.92 Å². The highest BCUT2D eigenvalue weighted by Crippen LogP contribution is 2.38. The number of imidazole rings is 1. The molecule has 1 saturated carbocycles. The lowest BCUT2D eigenvalue weighted by molar-refractivity contribution is -0.132. The van der Waals surface area contributed by atoms with Gasteiger partial charge in [-0.05, 0) is 25.0 Å². The van der Waals surface area contributed by atoms with Gasteiger partial charge in [-0.15, -0.1) is 0 Å². The highest BCUT2D eigenvalue weighted by atomic mass is 35.5. The highest BCUT2D eigenvalue weighted by Gasteiger charge is 2.34. The Bertz CT molecular complexity index is 1130. The zero-order valence-electron chi connectivity index (χ0n) is 17.7. The molecule has 0 unspecified atom stereocenters. The number of methoxy groups -OCH3 is 2. The number of hydrogen-bond donors (Lipinski definition) is 0. The Kier molecular flexibility index (Phi) is 5.14. The molecular weight excluding hydrogens is 416 g/mol. The van der Waals surface area contributed by atoms with Gasteiger partial charge in [-0.1, -0.05) is 11.6 Å². The van der Waals surface area contributed by atoms with Crippen molar-refractivity contribution in [2.24, 2.45) is 5.92 Å². The molecule has 0 N–H and O–H groups in total. The van der Waals surface area contributed by atoms with E-state index < -0.39 is 0 Å². The van der Waals surface area contributed by atoms with Gasteiger partial charge in [0, 0.05) is 67.9 Å². The van der Waals surface area contributed by atoms with Crippen molar-refractivity contribution in [3.8, 4) is 22.8 Å². The van der Waals surface area contributed by atoms with Crippen LogP contribution in [0, 0.1) is 5.92 Å². The Morgan fingerprint density at radius 1 is 1.06 bits per heavy atom. The molecule has 1 saturated heterocycles. The number of aromatic nitrogens is 2. The summed E-state index contributed by atoms with van der Waals surface area (Å²) < 4.78 is 12.8. The normalized spacial score (nSPS) is 16.6. The molecule has 1 aromatic carbocycles. The fourth-order valence-electron chi connectivity index (χ4n) is 4.13. The average Bonchev–Trinajstić information content (AvgIpc) is 3.56. The fourth-order valence-corrected chi connectivity index (χ4v) is 4.37. The van der Waals surface area contributed by atoms with Crippen molar-refractivity contribution >= 4 is 28.8 Å². The SMILES string of the molecule is COc1cc(OC)c(-c2cn3ccc(N4CCN(C(=O)C5CC5)CC4)cc3n2)cc1Cl. The Balaban J connectivity index is 1.39. The first-order chi connectivity index (χ1) is 15.1. The summed E-state index contributed by atoms with van der Waals surface area (Å²) in [6.45, 7) is 3.23. The zero-order chi connectivity index (χ0) is 21.5. The number of pyridine rings is 1. The third kappa shape index (κ3) is 3.78. The molecule has 0 bridgehead atoms. The van der Waals surface area contributed by atoms with Crippen LogP contribution in [0.2, 0.25) is 5.02 Å². The smallest absolute Gasteiger partial charge is 0.225 e. The number of anilines is 1. The van der Waals surface area contributed by atoms with Gasteiger partial charge < -0.3 is 23.7 Å². The third-order valence-corrected chi connectivity index (χ3v) is 6.37. The van der Waals surface area contributed by atoms with Crippen molar-refractivity contribution in [2.75, 3.05) is 45.3 Å². The average molecular weight is 441 g/mol. The molecule has 0 atom stereocenters. The van der Waals surface area contributed by atoms with E-state index in [2.05, 4.69) is 17.0 Å². The Morgan fingerprint density at radius 3 is 2.48 bits per heavy atom. The fraction of sp³-hybridized carbons (Fsp3) is 0.391. The molecule has 2 fully saturated rings. The lowest BCUT2D eigenvalue weighted by Gasteiger charge is -2.36. The summed E-state index contributed by atoms with van der Waals surface area (Å²) in [4.78, 5) is 21.4. The molecule has 31 heavy (non-hydrogen) atoms. The van der Waals surface area contributed by atoms with E-state index in [1.54, 1.807) is 20.3 Å². The molecule has 1 aliphatic carbocycles. The molecule has 7 nitrogen and oxygen atoms in total. The van der Waals surface area contributed by atoms with E-state index in [1.807, 2.05) is 27.8 Å². The van der Waals surface area contributed by atoms with Crippen LogP contribution >= 0.6 is 11.6 Å². The van der Waals surface area contributed by atoms with Gasteiger partial charge in [0.15, 0.2) is 0 Å². The van der Waals surface area contributed by atoms with Gasteiger partial charge in [0.2, 0.25) is 5.91 Å². The third-order valence-electron chi connectivity index (χ3n) is 6.08. The number of carbonyl (C=O) groups excluding carboxylic acids is 1. The van der Waals surface area contributed by atoms with Crippen LogP contribution in [0.3, 0.4) is 0 Å². The maximum atomic E-state index is 12.3. The van der Waals surface area contributed by atoms with Gasteiger partial charge in [0.25, 0.3) is 0 Å². The van der Waals surface area contributed by atoms with Gasteiger partial charge in [0.1, 0.15) is 17.1 Å². The minimum absolute atomic E-state index is 0.287. The summed E-state index contributed by atoms with van der Waals surface area (Å²) in [5.74, 6) is 1.84. The van der Waals surface area contributed by atoms with Crippen LogP contribution in [0.15, 0.2) is 36.7 Å². The second-order valence-corrected chi connectivity index (χ2v) is 8.46. The molecule has 162 valence electrons. The molecule has 3 heterocycles. The molecule has 0 radical (unpaired) electrons. The van der Waals surface area contributed by atoms with Crippen LogP contribution in [0.5, 0.6) is 11.5 Å². The first-order valence-corrected chi connectivity index (χ1v) is 10.9. The summed E-state index contributed by atoms with van der Waals surface area (Å²) in [6, 6.07) is 7.77. The minimum Gasteiger partial charge on any atom is -0.496 e. The Hall–Kier alpha value is -2.93. The van der Waals surface area contributed by atoms with E-state index >= 15 is 0 Å². The number of fused-ring (bicyclic) bond motifs is 1. The highest BCUT2D eigenvalue weighted by molar-refractivity contribution is 6.32. The van der Waals surface area contributed by atoms with Crippen LogP contribution in [0.4, 0.5) is 5.69 Å².